The summed E-state index contributed by atoms with van der Waals surface area (Å²) in [6.45, 7) is 6.09. The molecule has 2 nitrogen and oxygen atoms in total. The van der Waals surface area contributed by atoms with E-state index in [1.54, 1.807) is 0 Å². The first-order chi connectivity index (χ1) is 5.44. The van der Waals surface area contributed by atoms with E-state index in [1.807, 2.05) is 13.8 Å². The number of hydrogen-bond donors (Lipinski definition) is 2. The molecule has 3 heteroatoms. The molecule has 0 aromatic rings. The minimum atomic E-state index is -0.164. The van der Waals surface area contributed by atoms with Crippen LogP contribution in [0.15, 0.2) is 0 Å². The lowest BCUT2D eigenvalue weighted by Crippen LogP contribution is -2.41. The van der Waals surface area contributed by atoms with Gasteiger partial charge in [0, 0.05) is 5.54 Å². The zero-order valence-electron chi connectivity index (χ0n) is 7.92. The number of carbonyl (C=O) groups excluding carboxylic acids is 1. The number of rotatable bonds is 3. The van der Waals surface area contributed by atoms with Gasteiger partial charge >= 0.3 is 0 Å². The van der Waals surface area contributed by atoms with Crippen LogP contribution in [0.3, 0.4) is 0 Å². The Kier molecular flexibility index (Phi) is 2.71. The average Bonchev–Trinajstić information content (AvgIpc) is 2.66. The average molecular weight is 187 g/mol. The van der Waals surface area contributed by atoms with Crippen LogP contribution in [0.1, 0.15) is 33.6 Å². The van der Waals surface area contributed by atoms with Gasteiger partial charge in [0.25, 0.3) is 0 Å². The molecule has 0 aromatic carbocycles. The maximum absolute atomic E-state index is 11.5. The summed E-state index contributed by atoms with van der Waals surface area (Å²) in [5, 5.41) is 2.83. The van der Waals surface area contributed by atoms with Crippen molar-refractivity contribution in [1.82, 2.24) is 5.32 Å². The summed E-state index contributed by atoms with van der Waals surface area (Å²) in [6, 6.07) is 0. The van der Waals surface area contributed by atoms with E-state index in [4.69, 9.17) is 0 Å². The Bertz CT molecular complexity index is 187. The third-order valence-electron chi connectivity index (χ3n) is 2.33. The number of carbonyl (C=O) groups is 1. The van der Waals surface area contributed by atoms with E-state index in [9.17, 15) is 4.79 Å². The Morgan fingerprint density at radius 3 is 2.33 bits per heavy atom. The first-order valence-electron chi connectivity index (χ1n) is 4.45. The van der Waals surface area contributed by atoms with Crippen molar-refractivity contribution in [3.05, 3.63) is 0 Å². The van der Waals surface area contributed by atoms with Gasteiger partial charge in [0.15, 0.2) is 0 Å². The third kappa shape index (κ3) is 2.41. The summed E-state index contributed by atoms with van der Waals surface area (Å²) >= 11 is 4.25. The first kappa shape index (κ1) is 9.90. The third-order valence-corrected chi connectivity index (χ3v) is 3.16. The van der Waals surface area contributed by atoms with E-state index in [0.29, 0.717) is 5.92 Å². The zero-order chi connectivity index (χ0) is 9.35. The number of amides is 1. The number of hydrogen-bond acceptors (Lipinski definition) is 2. The van der Waals surface area contributed by atoms with Crippen molar-refractivity contribution in [3.63, 3.8) is 0 Å². The van der Waals surface area contributed by atoms with E-state index in [-0.39, 0.29) is 16.7 Å². The quantitative estimate of drug-likeness (QED) is 0.646. The first-order valence-corrected chi connectivity index (χ1v) is 4.96. The second-order valence-electron chi connectivity index (χ2n) is 4.24. The summed E-state index contributed by atoms with van der Waals surface area (Å²) in [6.07, 6.45) is 2.22. The molecule has 0 bridgehead atoms. The SMILES string of the molecule is CC(C)C(S)C(=O)NC1(C)CC1. The lowest BCUT2D eigenvalue weighted by atomic mass is 10.1. The molecule has 1 rings (SSSR count). The van der Waals surface area contributed by atoms with Crippen molar-refractivity contribution in [2.45, 2.75) is 44.4 Å². The van der Waals surface area contributed by atoms with Crippen molar-refractivity contribution in [1.29, 1.82) is 0 Å². The van der Waals surface area contributed by atoms with Crippen molar-refractivity contribution in [2.24, 2.45) is 5.92 Å². The standard InChI is InChI=1S/C9H17NOS/c1-6(2)7(12)8(11)10-9(3)4-5-9/h6-7,12H,4-5H2,1-3H3,(H,10,11). The fourth-order valence-corrected chi connectivity index (χ4v) is 1.05. The summed E-state index contributed by atoms with van der Waals surface area (Å²) in [7, 11) is 0. The molecule has 1 aliphatic carbocycles. The van der Waals surface area contributed by atoms with Crippen molar-refractivity contribution in [2.75, 3.05) is 0 Å². The summed E-state index contributed by atoms with van der Waals surface area (Å²) < 4.78 is 0. The molecule has 1 N–H and O–H groups in total. The molecule has 0 saturated heterocycles. The molecule has 0 radical (unpaired) electrons. The van der Waals surface area contributed by atoms with Gasteiger partial charge < -0.3 is 5.32 Å². The van der Waals surface area contributed by atoms with Gasteiger partial charge in [-0.25, -0.2) is 0 Å². The molecule has 1 saturated carbocycles. The number of thiol groups is 1. The predicted octanol–water partition coefficient (Wildman–Crippen LogP) is 1.61. The summed E-state index contributed by atoms with van der Waals surface area (Å²) in [5.41, 5.74) is 0.0902. The molecular formula is C9H17NOS. The lowest BCUT2D eigenvalue weighted by Gasteiger charge is -2.18. The molecule has 0 heterocycles. The van der Waals surface area contributed by atoms with Gasteiger partial charge in [-0.15, -0.1) is 0 Å². The topological polar surface area (TPSA) is 29.1 Å². The van der Waals surface area contributed by atoms with E-state index in [1.165, 1.54) is 0 Å². The maximum Gasteiger partial charge on any atom is 0.233 e. The highest BCUT2D eigenvalue weighted by molar-refractivity contribution is 7.81. The Balaban J connectivity index is 2.37. The van der Waals surface area contributed by atoms with E-state index in [0.717, 1.165) is 12.8 Å². The van der Waals surface area contributed by atoms with Crippen LogP contribution in [0.5, 0.6) is 0 Å². The Labute approximate surface area is 79.5 Å². The molecule has 0 aliphatic heterocycles. The molecule has 1 atom stereocenters. The highest BCUT2D eigenvalue weighted by Crippen LogP contribution is 2.34. The van der Waals surface area contributed by atoms with Crippen LogP contribution >= 0.6 is 12.6 Å². The molecule has 0 spiro atoms. The molecular weight excluding hydrogens is 170 g/mol. The smallest absolute Gasteiger partial charge is 0.233 e. The molecule has 1 unspecified atom stereocenters. The van der Waals surface area contributed by atoms with E-state index in [2.05, 4.69) is 24.9 Å². The molecule has 0 aromatic heterocycles. The lowest BCUT2D eigenvalue weighted by molar-refractivity contribution is -0.122. The van der Waals surface area contributed by atoms with Crippen molar-refractivity contribution < 1.29 is 4.79 Å². The van der Waals surface area contributed by atoms with Crippen LogP contribution in [-0.4, -0.2) is 16.7 Å². The van der Waals surface area contributed by atoms with Crippen LogP contribution in [0.25, 0.3) is 0 Å². The van der Waals surface area contributed by atoms with Crippen LogP contribution < -0.4 is 5.32 Å². The highest BCUT2D eigenvalue weighted by Gasteiger charge is 2.39. The van der Waals surface area contributed by atoms with Gasteiger partial charge in [-0.3, -0.25) is 4.79 Å². The molecule has 70 valence electrons. The normalized spacial score (nSPS) is 22.1. The fraction of sp³-hybridized carbons (Fsp3) is 0.889. The molecule has 1 amide bonds. The van der Waals surface area contributed by atoms with E-state index >= 15 is 0 Å². The predicted molar refractivity (Wildman–Crippen MR) is 53.4 cm³/mol. The van der Waals surface area contributed by atoms with Crippen LogP contribution in [0.4, 0.5) is 0 Å². The van der Waals surface area contributed by atoms with Gasteiger partial charge in [-0.1, -0.05) is 13.8 Å². The Morgan fingerprint density at radius 2 is 2.00 bits per heavy atom. The minimum Gasteiger partial charge on any atom is -0.350 e. The Morgan fingerprint density at radius 1 is 1.50 bits per heavy atom. The zero-order valence-corrected chi connectivity index (χ0v) is 8.82. The second kappa shape index (κ2) is 3.29. The minimum absolute atomic E-state index is 0.0772. The molecule has 12 heavy (non-hydrogen) atoms. The van der Waals surface area contributed by atoms with Crippen LogP contribution in [0, 0.1) is 5.92 Å². The second-order valence-corrected chi connectivity index (χ2v) is 4.80. The fourth-order valence-electron chi connectivity index (χ4n) is 0.987. The molecule has 1 aliphatic rings. The summed E-state index contributed by atoms with van der Waals surface area (Å²) in [4.78, 5) is 11.5. The highest BCUT2D eigenvalue weighted by atomic mass is 32.1. The van der Waals surface area contributed by atoms with Gasteiger partial charge in [-0.2, -0.15) is 12.6 Å². The van der Waals surface area contributed by atoms with Gasteiger partial charge in [0.05, 0.1) is 5.25 Å². The number of nitrogens with one attached hydrogen (secondary N) is 1. The van der Waals surface area contributed by atoms with Crippen molar-refractivity contribution in [3.8, 4) is 0 Å². The van der Waals surface area contributed by atoms with Gasteiger partial charge in [0.1, 0.15) is 0 Å². The largest absolute Gasteiger partial charge is 0.350 e. The molecule has 1 fully saturated rings. The van der Waals surface area contributed by atoms with Crippen molar-refractivity contribution >= 4 is 18.5 Å². The van der Waals surface area contributed by atoms with Gasteiger partial charge in [0.2, 0.25) is 5.91 Å². The van der Waals surface area contributed by atoms with Gasteiger partial charge in [-0.05, 0) is 25.7 Å². The monoisotopic (exact) mass is 187 g/mol. The van der Waals surface area contributed by atoms with Crippen LogP contribution in [-0.2, 0) is 4.79 Å². The van der Waals surface area contributed by atoms with E-state index < -0.39 is 0 Å². The summed E-state index contributed by atoms with van der Waals surface area (Å²) in [5.74, 6) is 0.379. The Hall–Kier alpha value is -0.180. The van der Waals surface area contributed by atoms with Crippen LogP contribution in [0.2, 0.25) is 0 Å². The maximum atomic E-state index is 11.5.